The highest BCUT2D eigenvalue weighted by Gasteiger charge is 2.03. The van der Waals surface area contributed by atoms with E-state index in [-0.39, 0.29) is 12.4 Å². The molecular weight excluding hydrogens is 227 g/mol. The van der Waals surface area contributed by atoms with Crippen LogP contribution in [-0.4, -0.2) is 18.1 Å². The number of nitrogens with zero attached hydrogens (tertiary/aromatic N) is 1. The Morgan fingerprint density at radius 3 is 3.08 bits per heavy atom. The van der Waals surface area contributed by atoms with Crippen LogP contribution in [-0.2, 0) is 0 Å². The van der Waals surface area contributed by atoms with Crippen LogP contribution in [0.1, 0.15) is 0 Å². The van der Waals surface area contributed by atoms with Crippen molar-refractivity contribution in [3.8, 4) is 5.75 Å². The number of halogens is 2. The summed E-state index contributed by atoms with van der Waals surface area (Å²) in [6, 6.07) is 1.51. The summed E-state index contributed by atoms with van der Waals surface area (Å²) in [6.45, 7) is 0.640. The van der Waals surface area contributed by atoms with Gasteiger partial charge in [-0.2, -0.15) is 4.39 Å². The van der Waals surface area contributed by atoms with Crippen LogP contribution in [0, 0.1) is 5.95 Å². The molecule has 0 aromatic carbocycles. The monoisotopic (exact) mass is 234 g/mol. The van der Waals surface area contributed by atoms with Gasteiger partial charge < -0.3 is 10.5 Å². The van der Waals surface area contributed by atoms with Gasteiger partial charge in [-0.3, -0.25) is 0 Å². The van der Waals surface area contributed by atoms with Gasteiger partial charge in [-0.25, -0.2) is 4.98 Å². The second-order valence-electron chi connectivity index (χ2n) is 2.08. The third-order valence-electron chi connectivity index (χ3n) is 1.15. The van der Waals surface area contributed by atoms with E-state index in [2.05, 4.69) is 20.9 Å². The van der Waals surface area contributed by atoms with Crippen molar-refractivity contribution in [2.75, 3.05) is 13.2 Å². The molecule has 0 saturated heterocycles. The van der Waals surface area contributed by atoms with E-state index in [1.54, 1.807) is 0 Å². The largest absolute Gasteiger partial charge is 0.487 e. The quantitative estimate of drug-likeness (QED) is 0.803. The molecular formula is C7H8BrFN2O. The predicted molar refractivity (Wildman–Crippen MR) is 46.4 cm³/mol. The summed E-state index contributed by atoms with van der Waals surface area (Å²) in [5.41, 5.74) is 5.18. The molecule has 5 heteroatoms. The van der Waals surface area contributed by atoms with Gasteiger partial charge in [0.2, 0.25) is 0 Å². The molecule has 1 aromatic rings. The van der Waals surface area contributed by atoms with Gasteiger partial charge in [0.05, 0.1) is 0 Å². The van der Waals surface area contributed by atoms with E-state index in [1.807, 2.05) is 0 Å². The van der Waals surface area contributed by atoms with Crippen molar-refractivity contribution in [3.05, 3.63) is 22.7 Å². The number of aromatic nitrogens is 1. The third kappa shape index (κ3) is 2.42. The summed E-state index contributed by atoms with van der Waals surface area (Å²) in [5, 5.41) is 0. The lowest BCUT2D eigenvalue weighted by Crippen LogP contribution is -2.11. The molecule has 0 bridgehead atoms. The Morgan fingerprint density at radius 2 is 2.42 bits per heavy atom. The lowest BCUT2D eigenvalue weighted by molar-refractivity contribution is 0.306. The van der Waals surface area contributed by atoms with E-state index in [9.17, 15) is 4.39 Å². The maximum Gasteiger partial charge on any atom is 0.255 e. The van der Waals surface area contributed by atoms with Gasteiger partial charge in [0.15, 0.2) is 5.75 Å². The summed E-state index contributed by atoms with van der Waals surface area (Å²) in [5.74, 6) is -0.499. The molecule has 2 N–H and O–H groups in total. The summed E-state index contributed by atoms with van der Waals surface area (Å²) >= 11 is 3.15. The Labute approximate surface area is 77.9 Å². The molecule has 0 fully saturated rings. The highest BCUT2D eigenvalue weighted by molar-refractivity contribution is 9.10. The van der Waals surface area contributed by atoms with Crippen molar-refractivity contribution in [1.29, 1.82) is 0 Å². The number of nitrogens with two attached hydrogens (primary N) is 1. The average molecular weight is 235 g/mol. The third-order valence-corrected chi connectivity index (χ3v) is 1.58. The fourth-order valence-corrected chi connectivity index (χ4v) is 0.984. The summed E-state index contributed by atoms with van der Waals surface area (Å²) in [4.78, 5) is 3.45. The van der Waals surface area contributed by atoms with Crippen molar-refractivity contribution in [3.63, 3.8) is 0 Å². The maximum absolute atomic E-state index is 12.8. The second kappa shape index (κ2) is 4.37. The number of rotatable bonds is 3. The zero-order valence-corrected chi connectivity index (χ0v) is 7.84. The SMILES string of the molecule is NCCOc1cc(Br)cnc1F. The highest BCUT2D eigenvalue weighted by Crippen LogP contribution is 2.19. The van der Waals surface area contributed by atoms with E-state index in [1.165, 1.54) is 12.3 Å². The first-order chi connectivity index (χ1) is 5.74. The van der Waals surface area contributed by atoms with E-state index < -0.39 is 5.95 Å². The lowest BCUT2D eigenvalue weighted by atomic mass is 10.4. The van der Waals surface area contributed by atoms with Gasteiger partial charge in [-0.1, -0.05) is 0 Å². The first-order valence-electron chi connectivity index (χ1n) is 3.38. The molecule has 0 atom stereocenters. The fraction of sp³-hybridized carbons (Fsp3) is 0.286. The van der Waals surface area contributed by atoms with Crippen LogP contribution in [0.4, 0.5) is 4.39 Å². The normalized spacial score (nSPS) is 9.92. The van der Waals surface area contributed by atoms with Crippen LogP contribution >= 0.6 is 15.9 Å². The number of pyridine rings is 1. The highest BCUT2D eigenvalue weighted by atomic mass is 79.9. The molecule has 0 aliphatic rings. The molecule has 3 nitrogen and oxygen atoms in total. The zero-order chi connectivity index (χ0) is 8.97. The fourth-order valence-electron chi connectivity index (χ4n) is 0.674. The summed E-state index contributed by atoms with van der Waals surface area (Å²) < 4.78 is 18.4. The zero-order valence-electron chi connectivity index (χ0n) is 6.26. The van der Waals surface area contributed by atoms with Gasteiger partial charge in [0, 0.05) is 23.3 Å². The topological polar surface area (TPSA) is 48.1 Å². The van der Waals surface area contributed by atoms with Crippen molar-refractivity contribution < 1.29 is 9.13 Å². The minimum absolute atomic E-state index is 0.120. The lowest BCUT2D eigenvalue weighted by Gasteiger charge is -2.04. The molecule has 12 heavy (non-hydrogen) atoms. The Hall–Kier alpha value is -0.680. The van der Waals surface area contributed by atoms with Crippen molar-refractivity contribution in [2.24, 2.45) is 5.73 Å². The molecule has 1 heterocycles. The minimum atomic E-state index is -0.619. The van der Waals surface area contributed by atoms with Crippen molar-refractivity contribution >= 4 is 15.9 Å². The van der Waals surface area contributed by atoms with Gasteiger partial charge in [0.1, 0.15) is 6.61 Å². The Morgan fingerprint density at radius 1 is 1.67 bits per heavy atom. The molecule has 0 radical (unpaired) electrons. The van der Waals surface area contributed by atoms with Crippen LogP contribution in [0.3, 0.4) is 0 Å². The van der Waals surface area contributed by atoms with Crippen LogP contribution < -0.4 is 10.5 Å². The number of hydrogen-bond acceptors (Lipinski definition) is 3. The molecule has 1 aromatic heterocycles. The smallest absolute Gasteiger partial charge is 0.255 e. The molecule has 0 unspecified atom stereocenters. The van der Waals surface area contributed by atoms with Gasteiger partial charge >= 0.3 is 0 Å². The van der Waals surface area contributed by atoms with Crippen molar-refractivity contribution in [1.82, 2.24) is 4.98 Å². The van der Waals surface area contributed by atoms with Crippen LogP contribution in [0.2, 0.25) is 0 Å². The molecule has 0 aliphatic carbocycles. The molecule has 1 rings (SSSR count). The molecule has 0 spiro atoms. The van der Waals surface area contributed by atoms with Crippen LogP contribution in [0.25, 0.3) is 0 Å². The van der Waals surface area contributed by atoms with Gasteiger partial charge in [0.25, 0.3) is 5.95 Å². The Kier molecular flexibility index (Phi) is 3.43. The molecule has 0 amide bonds. The van der Waals surface area contributed by atoms with Gasteiger partial charge in [-0.05, 0) is 15.9 Å². The van der Waals surface area contributed by atoms with Crippen molar-refractivity contribution in [2.45, 2.75) is 0 Å². The van der Waals surface area contributed by atoms with E-state index >= 15 is 0 Å². The summed E-state index contributed by atoms with van der Waals surface area (Å²) in [6.07, 6.45) is 1.37. The molecule has 66 valence electrons. The standard InChI is InChI=1S/C7H8BrFN2O/c8-5-3-6(12-2-1-10)7(9)11-4-5/h3-4H,1-2,10H2. The second-order valence-corrected chi connectivity index (χ2v) is 3.00. The molecule has 0 saturated carbocycles. The first-order valence-corrected chi connectivity index (χ1v) is 4.17. The predicted octanol–water partition coefficient (Wildman–Crippen LogP) is 1.32. The van der Waals surface area contributed by atoms with Crippen LogP contribution in [0.15, 0.2) is 16.7 Å². The average Bonchev–Trinajstić information content (AvgIpc) is 2.07. The van der Waals surface area contributed by atoms with Gasteiger partial charge in [-0.15, -0.1) is 0 Å². The Bertz CT molecular complexity index is 270. The van der Waals surface area contributed by atoms with E-state index in [0.717, 1.165) is 0 Å². The van der Waals surface area contributed by atoms with E-state index in [0.29, 0.717) is 11.0 Å². The van der Waals surface area contributed by atoms with Crippen LogP contribution in [0.5, 0.6) is 5.75 Å². The minimum Gasteiger partial charge on any atom is -0.487 e. The molecule has 0 aliphatic heterocycles. The maximum atomic E-state index is 12.8. The Balaban J connectivity index is 2.75. The number of ether oxygens (including phenoxy) is 1. The summed E-state index contributed by atoms with van der Waals surface area (Å²) in [7, 11) is 0. The van der Waals surface area contributed by atoms with E-state index in [4.69, 9.17) is 10.5 Å². The number of hydrogen-bond donors (Lipinski definition) is 1. The first kappa shape index (κ1) is 9.41.